The molecule has 0 amide bonds. The van der Waals surface area contributed by atoms with Crippen LogP contribution >= 0.6 is 0 Å². The van der Waals surface area contributed by atoms with Gasteiger partial charge in [-0.25, -0.2) is 9.97 Å². The highest BCUT2D eigenvalue weighted by molar-refractivity contribution is 7.13. The molecule has 1 aliphatic rings. The standard InChI is InChI=1S/C49H34N2Si/c1-52(36-21-9-4-10-22-36)45-28-16-15-23-37(45)38-30-29-35(31-46(38)52)47-39-24-11-13-26-41(39)48(42-27-14-12-25-40(42)47)44-32-43(33-17-5-2-6-18-33)50-49(51-44)34-19-7-3-8-20-34/h2-32H,1H3. The summed E-state index contributed by atoms with van der Waals surface area (Å²) in [7, 11) is -2.26. The Kier molecular flexibility index (Phi) is 7.09. The minimum absolute atomic E-state index is 0.720. The molecule has 0 spiro atoms. The molecule has 0 N–H and O–H groups in total. The molecule has 0 saturated heterocycles. The highest BCUT2D eigenvalue weighted by Gasteiger charge is 2.43. The molecule has 0 radical (unpaired) electrons. The minimum Gasteiger partial charge on any atom is -0.228 e. The third kappa shape index (κ3) is 4.70. The molecule has 9 aromatic rings. The summed E-state index contributed by atoms with van der Waals surface area (Å²) in [6, 6.07) is 68.1. The Morgan fingerprint density at radius 3 is 1.52 bits per heavy atom. The maximum atomic E-state index is 5.32. The number of benzene rings is 8. The van der Waals surface area contributed by atoms with Gasteiger partial charge in [-0.05, 0) is 65.4 Å². The number of hydrogen-bond acceptors (Lipinski definition) is 2. The van der Waals surface area contributed by atoms with Crippen LogP contribution in [0.2, 0.25) is 6.55 Å². The van der Waals surface area contributed by atoms with E-state index in [4.69, 9.17) is 9.97 Å². The van der Waals surface area contributed by atoms with Crippen LogP contribution in [-0.4, -0.2) is 18.0 Å². The average molecular weight is 679 g/mol. The van der Waals surface area contributed by atoms with Crippen molar-refractivity contribution < 1.29 is 0 Å². The van der Waals surface area contributed by atoms with Crippen molar-refractivity contribution in [2.24, 2.45) is 0 Å². The van der Waals surface area contributed by atoms with Crippen LogP contribution in [0.3, 0.4) is 0 Å². The van der Waals surface area contributed by atoms with E-state index in [1.807, 2.05) is 24.3 Å². The van der Waals surface area contributed by atoms with Crippen molar-refractivity contribution in [3.05, 3.63) is 188 Å². The third-order valence-corrected chi connectivity index (χ3v) is 15.5. The maximum absolute atomic E-state index is 5.32. The Morgan fingerprint density at radius 1 is 0.365 bits per heavy atom. The van der Waals surface area contributed by atoms with E-state index in [1.54, 1.807) is 0 Å². The topological polar surface area (TPSA) is 25.8 Å². The van der Waals surface area contributed by atoms with Crippen molar-refractivity contribution in [3.63, 3.8) is 0 Å². The van der Waals surface area contributed by atoms with Gasteiger partial charge >= 0.3 is 0 Å². The molecule has 2 heterocycles. The molecule has 244 valence electrons. The van der Waals surface area contributed by atoms with Crippen LogP contribution in [0.1, 0.15) is 0 Å². The van der Waals surface area contributed by atoms with Gasteiger partial charge in [-0.1, -0.05) is 189 Å². The number of rotatable bonds is 5. The van der Waals surface area contributed by atoms with Gasteiger partial charge in [-0.2, -0.15) is 0 Å². The molecule has 1 unspecified atom stereocenters. The Balaban J connectivity index is 1.25. The van der Waals surface area contributed by atoms with Gasteiger partial charge < -0.3 is 0 Å². The van der Waals surface area contributed by atoms with Crippen LogP contribution in [0.25, 0.3) is 77.7 Å². The Labute approximate surface area is 304 Å². The smallest absolute Gasteiger partial charge is 0.160 e. The Hall–Kier alpha value is -6.42. The van der Waals surface area contributed by atoms with E-state index in [-0.39, 0.29) is 0 Å². The third-order valence-electron chi connectivity index (χ3n) is 11.0. The lowest BCUT2D eigenvalue weighted by Crippen LogP contribution is -2.62. The first-order valence-electron chi connectivity index (χ1n) is 17.9. The molecule has 10 rings (SSSR count). The summed E-state index contributed by atoms with van der Waals surface area (Å²) in [5, 5.41) is 9.21. The zero-order valence-electron chi connectivity index (χ0n) is 28.8. The van der Waals surface area contributed by atoms with E-state index in [2.05, 4.69) is 170 Å². The van der Waals surface area contributed by atoms with Crippen molar-refractivity contribution in [2.75, 3.05) is 0 Å². The summed E-state index contributed by atoms with van der Waals surface area (Å²) in [5.41, 5.74) is 10.3. The van der Waals surface area contributed by atoms with Crippen LogP contribution in [0.5, 0.6) is 0 Å². The Bertz CT molecular complexity index is 2680. The fourth-order valence-corrected chi connectivity index (χ4v) is 12.7. The average Bonchev–Trinajstić information content (AvgIpc) is 3.48. The van der Waals surface area contributed by atoms with E-state index in [0.29, 0.717) is 0 Å². The predicted molar refractivity (Wildman–Crippen MR) is 221 cm³/mol. The van der Waals surface area contributed by atoms with Gasteiger partial charge in [0, 0.05) is 16.7 Å². The lowest BCUT2D eigenvalue weighted by Gasteiger charge is -2.26. The largest absolute Gasteiger partial charge is 0.228 e. The van der Waals surface area contributed by atoms with Gasteiger partial charge in [0.15, 0.2) is 5.82 Å². The number of fused-ring (bicyclic) bond motifs is 5. The molecule has 3 heteroatoms. The number of hydrogen-bond donors (Lipinski definition) is 0. The van der Waals surface area contributed by atoms with Crippen LogP contribution in [0.4, 0.5) is 0 Å². The lowest BCUT2D eigenvalue weighted by atomic mass is 9.86. The van der Waals surface area contributed by atoms with Crippen LogP contribution in [0, 0.1) is 0 Å². The second-order valence-electron chi connectivity index (χ2n) is 13.8. The van der Waals surface area contributed by atoms with Gasteiger partial charge in [0.2, 0.25) is 0 Å². The zero-order chi connectivity index (χ0) is 34.6. The van der Waals surface area contributed by atoms with Gasteiger partial charge in [-0.15, -0.1) is 0 Å². The second kappa shape index (κ2) is 12.1. The molecule has 0 bridgehead atoms. The first-order chi connectivity index (χ1) is 25.7. The predicted octanol–water partition coefficient (Wildman–Crippen LogP) is 10.5. The summed E-state index contributed by atoms with van der Waals surface area (Å²) in [4.78, 5) is 10.4. The van der Waals surface area contributed by atoms with E-state index in [1.165, 1.54) is 59.4 Å². The molecule has 1 atom stereocenters. The summed E-state index contributed by atoms with van der Waals surface area (Å²) in [6.45, 7) is 2.53. The van der Waals surface area contributed by atoms with E-state index >= 15 is 0 Å². The quantitative estimate of drug-likeness (QED) is 0.134. The van der Waals surface area contributed by atoms with Crippen LogP contribution in [-0.2, 0) is 0 Å². The highest BCUT2D eigenvalue weighted by Crippen LogP contribution is 2.44. The molecule has 1 aromatic heterocycles. The van der Waals surface area contributed by atoms with E-state index in [0.717, 1.165) is 33.9 Å². The van der Waals surface area contributed by atoms with E-state index < -0.39 is 8.07 Å². The first kappa shape index (κ1) is 30.4. The minimum atomic E-state index is -2.26. The van der Waals surface area contributed by atoms with Crippen LogP contribution in [0.15, 0.2) is 188 Å². The molecule has 0 fully saturated rings. The molecule has 1 aliphatic heterocycles. The summed E-state index contributed by atoms with van der Waals surface area (Å²) < 4.78 is 0. The van der Waals surface area contributed by atoms with Crippen molar-refractivity contribution >= 4 is 45.2 Å². The normalized spacial score (nSPS) is 14.7. The van der Waals surface area contributed by atoms with Crippen molar-refractivity contribution in [1.82, 2.24) is 9.97 Å². The van der Waals surface area contributed by atoms with Gasteiger partial charge in [0.05, 0.1) is 11.4 Å². The van der Waals surface area contributed by atoms with Gasteiger partial charge in [-0.3, -0.25) is 0 Å². The Morgan fingerprint density at radius 2 is 0.865 bits per heavy atom. The SMILES string of the molecule is C[Si]1(c2ccccc2)c2ccccc2-c2ccc(-c3c4ccccc4c(-c4cc(-c5ccccc5)nc(-c5ccccc5)n4)c4ccccc34)cc21. The molecule has 0 saturated carbocycles. The molecule has 52 heavy (non-hydrogen) atoms. The fraction of sp³-hybridized carbons (Fsp3) is 0.0204. The van der Waals surface area contributed by atoms with E-state index in [9.17, 15) is 0 Å². The molecule has 0 aliphatic carbocycles. The molecular formula is C49H34N2Si. The van der Waals surface area contributed by atoms with Crippen molar-refractivity contribution in [2.45, 2.75) is 6.55 Å². The first-order valence-corrected chi connectivity index (χ1v) is 20.4. The van der Waals surface area contributed by atoms with Crippen molar-refractivity contribution in [1.29, 1.82) is 0 Å². The lowest BCUT2D eigenvalue weighted by molar-refractivity contribution is 1.19. The molecule has 2 nitrogen and oxygen atoms in total. The van der Waals surface area contributed by atoms with Gasteiger partial charge in [0.1, 0.15) is 8.07 Å². The highest BCUT2D eigenvalue weighted by atomic mass is 28.3. The summed E-state index contributed by atoms with van der Waals surface area (Å²) in [6.07, 6.45) is 0. The summed E-state index contributed by atoms with van der Waals surface area (Å²) >= 11 is 0. The van der Waals surface area contributed by atoms with Crippen molar-refractivity contribution in [3.8, 4) is 56.2 Å². The number of aromatic nitrogens is 2. The maximum Gasteiger partial charge on any atom is 0.160 e. The van der Waals surface area contributed by atoms with Gasteiger partial charge in [0.25, 0.3) is 0 Å². The fourth-order valence-electron chi connectivity index (χ4n) is 8.49. The molecular weight excluding hydrogens is 645 g/mol. The number of nitrogens with zero attached hydrogens (tertiary/aromatic N) is 2. The monoisotopic (exact) mass is 678 g/mol. The molecule has 8 aromatic carbocycles. The van der Waals surface area contributed by atoms with Crippen LogP contribution < -0.4 is 15.6 Å². The second-order valence-corrected chi connectivity index (χ2v) is 17.7. The zero-order valence-corrected chi connectivity index (χ0v) is 29.8. The summed E-state index contributed by atoms with van der Waals surface area (Å²) in [5.74, 6) is 0.720.